The number of hydrogen-bond acceptors (Lipinski definition) is 6. The third kappa shape index (κ3) is 5.98. The fourth-order valence-corrected chi connectivity index (χ4v) is 3.13. The van der Waals surface area contributed by atoms with Gasteiger partial charge in [-0.05, 0) is 31.0 Å². The summed E-state index contributed by atoms with van der Waals surface area (Å²) in [7, 11) is 1.57. The molecule has 142 valence electrons. The molecule has 0 aliphatic heterocycles. The molecule has 0 aliphatic carbocycles. The molecule has 2 rings (SSSR count). The Hall–Kier alpha value is -2.15. The molecule has 1 heterocycles. The first-order valence-electron chi connectivity index (χ1n) is 9.12. The molecule has 1 amide bonds. The topological polar surface area (TPSA) is 73.3 Å². The summed E-state index contributed by atoms with van der Waals surface area (Å²) in [5, 5.41) is 12.5. The highest BCUT2D eigenvalue weighted by atomic mass is 32.1. The summed E-state index contributed by atoms with van der Waals surface area (Å²) in [6.45, 7) is 4.90. The Morgan fingerprint density at radius 1 is 1.12 bits per heavy atom. The minimum Gasteiger partial charge on any atom is -0.493 e. The number of amides is 1. The van der Waals surface area contributed by atoms with Crippen LogP contribution in [0.15, 0.2) is 18.2 Å². The molecule has 0 radical (unpaired) electrons. The minimum atomic E-state index is -0.236. The number of aryl methyl sites for hydroxylation is 1. The zero-order valence-electron chi connectivity index (χ0n) is 15.7. The largest absolute Gasteiger partial charge is 0.493 e. The molecule has 0 spiro atoms. The number of methoxy groups -OCH3 is 1. The van der Waals surface area contributed by atoms with Crippen molar-refractivity contribution in [2.45, 2.75) is 52.4 Å². The average Bonchev–Trinajstić information content (AvgIpc) is 3.09. The molecule has 1 N–H and O–H groups in total. The van der Waals surface area contributed by atoms with Crippen LogP contribution >= 0.6 is 11.3 Å². The number of benzene rings is 1. The number of rotatable bonds is 11. The van der Waals surface area contributed by atoms with E-state index in [0.29, 0.717) is 28.8 Å². The van der Waals surface area contributed by atoms with Crippen LogP contribution in [0.25, 0.3) is 0 Å². The van der Waals surface area contributed by atoms with Gasteiger partial charge in [-0.1, -0.05) is 44.4 Å². The maximum absolute atomic E-state index is 12.5. The maximum Gasteiger partial charge on any atom is 0.257 e. The van der Waals surface area contributed by atoms with Gasteiger partial charge in [0.15, 0.2) is 11.5 Å². The molecule has 0 fully saturated rings. The van der Waals surface area contributed by atoms with Crippen molar-refractivity contribution in [1.29, 1.82) is 0 Å². The van der Waals surface area contributed by atoms with Crippen molar-refractivity contribution >= 4 is 22.4 Å². The number of hydrogen-bond donors (Lipinski definition) is 1. The average molecular weight is 378 g/mol. The molecule has 7 heteroatoms. The smallest absolute Gasteiger partial charge is 0.257 e. The van der Waals surface area contributed by atoms with E-state index in [1.54, 1.807) is 25.3 Å². The molecule has 0 aliphatic rings. The predicted molar refractivity (Wildman–Crippen MR) is 104 cm³/mol. The lowest BCUT2D eigenvalue weighted by atomic mass is 10.2. The van der Waals surface area contributed by atoms with Crippen molar-refractivity contribution in [1.82, 2.24) is 10.2 Å². The van der Waals surface area contributed by atoms with Crippen LogP contribution in [-0.2, 0) is 6.42 Å². The van der Waals surface area contributed by atoms with E-state index in [4.69, 9.17) is 9.47 Å². The van der Waals surface area contributed by atoms with Crippen LogP contribution in [0.1, 0.15) is 61.3 Å². The summed E-state index contributed by atoms with van der Waals surface area (Å²) in [6.07, 6.45) is 6.37. The van der Waals surface area contributed by atoms with Crippen LogP contribution in [0.4, 0.5) is 5.13 Å². The van der Waals surface area contributed by atoms with Gasteiger partial charge < -0.3 is 9.47 Å². The normalized spacial score (nSPS) is 10.6. The van der Waals surface area contributed by atoms with Crippen LogP contribution in [0.2, 0.25) is 0 Å². The number of ether oxygens (including phenoxy) is 2. The van der Waals surface area contributed by atoms with E-state index in [1.807, 2.05) is 0 Å². The highest BCUT2D eigenvalue weighted by Crippen LogP contribution is 2.29. The minimum absolute atomic E-state index is 0.236. The summed E-state index contributed by atoms with van der Waals surface area (Å²) < 4.78 is 11.0. The van der Waals surface area contributed by atoms with Crippen molar-refractivity contribution in [2.75, 3.05) is 19.0 Å². The van der Waals surface area contributed by atoms with Crippen LogP contribution in [0.3, 0.4) is 0 Å². The first-order valence-corrected chi connectivity index (χ1v) is 9.94. The van der Waals surface area contributed by atoms with Gasteiger partial charge in [0.25, 0.3) is 5.91 Å². The fourth-order valence-electron chi connectivity index (χ4n) is 2.36. The molecule has 2 aromatic rings. The number of unbranched alkanes of at least 4 members (excludes halogenated alkanes) is 3. The zero-order chi connectivity index (χ0) is 18.8. The van der Waals surface area contributed by atoms with E-state index in [2.05, 4.69) is 29.4 Å². The van der Waals surface area contributed by atoms with E-state index in [0.717, 1.165) is 30.7 Å². The van der Waals surface area contributed by atoms with Gasteiger partial charge in [0.2, 0.25) is 5.13 Å². The zero-order valence-corrected chi connectivity index (χ0v) is 16.5. The Balaban J connectivity index is 1.98. The van der Waals surface area contributed by atoms with E-state index in [1.165, 1.54) is 24.2 Å². The summed E-state index contributed by atoms with van der Waals surface area (Å²) in [5.41, 5.74) is 0.493. The third-order valence-electron chi connectivity index (χ3n) is 3.86. The van der Waals surface area contributed by atoms with Gasteiger partial charge in [0.1, 0.15) is 5.01 Å². The highest BCUT2D eigenvalue weighted by Gasteiger charge is 2.13. The monoisotopic (exact) mass is 377 g/mol. The quantitative estimate of drug-likeness (QED) is 0.574. The second-order valence-corrected chi connectivity index (χ2v) is 7.04. The van der Waals surface area contributed by atoms with Gasteiger partial charge >= 0.3 is 0 Å². The number of nitrogens with one attached hydrogen (secondary N) is 1. The Bertz CT molecular complexity index is 703. The number of aromatic nitrogens is 2. The van der Waals surface area contributed by atoms with Crippen molar-refractivity contribution < 1.29 is 14.3 Å². The van der Waals surface area contributed by atoms with E-state index >= 15 is 0 Å². The van der Waals surface area contributed by atoms with E-state index < -0.39 is 0 Å². The molecule has 26 heavy (non-hydrogen) atoms. The fraction of sp³-hybridized carbons (Fsp3) is 0.526. The number of nitrogens with zero attached hydrogens (tertiary/aromatic N) is 2. The van der Waals surface area contributed by atoms with Crippen LogP contribution < -0.4 is 14.8 Å². The predicted octanol–water partition coefficient (Wildman–Crippen LogP) is 4.71. The van der Waals surface area contributed by atoms with Crippen molar-refractivity contribution in [3.8, 4) is 11.5 Å². The molecule has 0 saturated carbocycles. The number of carbonyl (C=O) groups is 1. The summed E-state index contributed by atoms with van der Waals surface area (Å²) in [6, 6.07) is 5.17. The van der Waals surface area contributed by atoms with Crippen LogP contribution in [0.5, 0.6) is 11.5 Å². The lowest BCUT2D eigenvalue weighted by molar-refractivity contribution is 0.102. The summed E-state index contributed by atoms with van der Waals surface area (Å²) >= 11 is 1.42. The van der Waals surface area contributed by atoms with E-state index in [9.17, 15) is 4.79 Å². The molecule has 0 unspecified atom stereocenters. The molecule has 6 nitrogen and oxygen atoms in total. The van der Waals surface area contributed by atoms with Crippen molar-refractivity contribution in [3.63, 3.8) is 0 Å². The van der Waals surface area contributed by atoms with Gasteiger partial charge in [-0.2, -0.15) is 0 Å². The van der Waals surface area contributed by atoms with Gasteiger partial charge in [-0.15, -0.1) is 10.2 Å². The first-order chi connectivity index (χ1) is 12.7. The molecule has 1 aromatic heterocycles. The number of anilines is 1. The Kier molecular flexibility index (Phi) is 8.34. The Morgan fingerprint density at radius 2 is 1.92 bits per heavy atom. The maximum atomic E-state index is 12.5. The van der Waals surface area contributed by atoms with Crippen LogP contribution in [0, 0.1) is 0 Å². The molecule has 0 saturated heterocycles. The summed E-state index contributed by atoms with van der Waals surface area (Å²) in [5.74, 6) is 0.956. The van der Waals surface area contributed by atoms with Crippen molar-refractivity contribution in [2.24, 2.45) is 0 Å². The van der Waals surface area contributed by atoms with Gasteiger partial charge in [-0.3, -0.25) is 10.1 Å². The van der Waals surface area contributed by atoms with Gasteiger partial charge in [0, 0.05) is 12.0 Å². The lowest BCUT2D eigenvalue weighted by Gasteiger charge is -2.11. The molecule has 1 aromatic carbocycles. The highest BCUT2D eigenvalue weighted by molar-refractivity contribution is 7.15. The van der Waals surface area contributed by atoms with Gasteiger partial charge in [0.05, 0.1) is 13.7 Å². The molecular formula is C19H27N3O3S. The molecule has 0 atom stereocenters. The standard InChI is InChI=1S/C19H27N3O3S/c1-4-6-8-9-17-21-22-19(26-17)20-18(23)14-10-11-15(16(13-14)24-3)25-12-7-5-2/h10-11,13H,4-9,12H2,1-3H3,(H,20,22,23). The molecular weight excluding hydrogens is 350 g/mol. The third-order valence-corrected chi connectivity index (χ3v) is 4.76. The SMILES string of the molecule is CCCCCc1nnc(NC(=O)c2ccc(OCCCC)c(OC)c2)s1. The van der Waals surface area contributed by atoms with Gasteiger partial charge in [-0.25, -0.2) is 0 Å². The van der Waals surface area contributed by atoms with E-state index in [-0.39, 0.29) is 5.91 Å². The van der Waals surface area contributed by atoms with Crippen molar-refractivity contribution in [3.05, 3.63) is 28.8 Å². The Labute approximate surface area is 158 Å². The lowest BCUT2D eigenvalue weighted by Crippen LogP contribution is -2.12. The first kappa shape index (κ1) is 20.2. The van der Waals surface area contributed by atoms with Crippen LogP contribution in [-0.4, -0.2) is 29.8 Å². The molecule has 0 bridgehead atoms. The second kappa shape index (κ2) is 10.8. The summed E-state index contributed by atoms with van der Waals surface area (Å²) in [4.78, 5) is 12.5. The second-order valence-electron chi connectivity index (χ2n) is 5.98. The number of carbonyl (C=O) groups excluding carboxylic acids is 1. The Morgan fingerprint density at radius 3 is 2.65 bits per heavy atom.